The van der Waals surface area contributed by atoms with E-state index in [1.54, 1.807) is 0 Å². The molecule has 26 heavy (non-hydrogen) atoms. The van der Waals surface area contributed by atoms with E-state index < -0.39 is 0 Å². The van der Waals surface area contributed by atoms with Crippen molar-refractivity contribution < 1.29 is 4.79 Å². The average molecular weight is 347 g/mol. The van der Waals surface area contributed by atoms with Crippen LogP contribution in [0.2, 0.25) is 0 Å². The van der Waals surface area contributed by atoms with Gasteiger partial charge in [0, 0.05) is 17.7 Å². The van der Waals surface area contributed by atoms with E-state index in [-0.39, 0.29) is 11.4 Å². The maximum absolute atomic E-state index is 12.9. The number of aryl methyl sites for hydroxylation is 1. The summed E-state index contributed by atoms with van der Waals surface area (Å²) in [6, 6.07) is 17.5. The second-order valence-corrected chi connectivity index (χ2v) is 6.65. The van der Waals surface area contributed by atoms with E-state index in [0.717, 1.165) is 36.5 Å². The number of hydrogen-bond acceptors (Lipinski definition) is 4. The highest BCUT2D eigenvalue weighted by Gasteiger charge is 2.37. The van der Waals surface area contributed by atoms with Crippen LogP contribution in [0.25, 0.3) is 11.4 Å². The number of carbonyl (C=O) groups is 1. The Balaban J connectivity index is 1.55. The molecule has 6 nitrogen and oxygen atoms in total. The molecule has 0 aliphatic carbocycles. The summed E-state index contributed by atoms with van der Waals surface area (Å²) in [5.41, 5.74) is 2.28. The Kier molecular flexibility index (Phi) is 4.26. The molecule has 1 amide bonds. The average Bonchev–Trinajstić information content (AvgIpc) is 3.32. The predicted octanol–water partition coefficient (Wildman–Crippen LogP) is 2.40. The molecular formula is C20H21N5O. The number of rotatable bonds is 4. The number of benzene rings is 2. The van der Waals surface area contributed by atoms with Crippen molar-refractivity contribution in [3.8, 4) is 11.4 Å². The zero-order valence-electron chi connectivity index (χ0n) is 14.6. The minimum absolute atomic E-state index is 0.0738. The number of carbonyl (C=O) groups excluding carboxylic acids is 1. The molecule has 1 aliphatic rings. The normalized spacial score (nSPS) is 19.4. The summed E-state index contributed by atoms with van der Waals surface area (Å²) in [5.74, 6) is 1.32. The molecule has 1 saturated heterocycles. The van der Waals surface area contributed by atoms with Crippen LogP contribution in [0.3, 0.4) is 0 Å². The Bertz CT molecular complexity index is 895. The highest BCUT2D eigenvalue weighted by molar-refractivity contribution is 5.95. The maximum atomic E-state index is 12.9. The van der Waals surface area contributed by atoms with Gasteiger partial charge in [-0.3, -0.25) is 9.89 Å². The summed E-state index contributed by atoms with van der Waals surface area (Å²) < 4.78 is 0. The third kappa shape index (κ3) is 3.11. The third-order valence-corrected chi connectivity index (χ3v) is 4.84. The van der Waals surface area contributed by atoms with Crippen molar-refractivity contribution in [1.29, 1.82) is 0 Å². The highest BCUT2D eigenvalue weighted by atomic mass is 16.1. The van der Waals surface area contributed by atoms with Crippen LogP contribution in [0.5, 0.6) is 0 Å². The van der Waals surface area contributed by atoms with E-state index in [1.165, 1.54) is 0 Å². The van der Waals surface area contributed by atoms with Crippen LogP contribution in [-0.2, 0) is 5.54 Å². The van der Waals surface area contributed by atoms with Crippen LogP contribution in [0.1, 0.15) is 28.2 Å². The first-order chi connectivity index (χ1) is 12.7. The second kappa shape index (κ2) is 6.72. The van der Waals surface area contributed by atoms with Gasteiger partial charge in [0.1, 0.15) is 5.82 Å². The lowest BCUT2D eigenvalue weighted by Gasteiger charge is -2.30. The van der Waals surface area contributed by atoms with Crippen molar-refractivity contribution in [2.45, 2.75) is 18.9 Å². The molecule has 6 heteroatoms. The summed E-state index contributed by atoms with van der Waals surface area (Å²) in [7, 11) is 0. The number of amides is 1. The van der Waals surface area contributed by atoms with E-state index in [2.05, 4.69) is 37.9 Å². The van der Waals surface area contributed by atoms with Crippen LogP contribution in [0, 0.1) is 6.92 Å². The number of aromatic nitrogens is 3. The zero-order valence-corrected chi connectivity index (χ0v) is 14.6. The van der Waals surface area contributed by atoms with E-state index in [4.69, 9.17) is 0 Å². The van der Waals surface area contributed by atoms with Crippen LogP contribution in [0.4, 0.5) is 0 Å². The standard InChI is InChI=1S/C20H21N5O/c1-14-22-18(25-24-14)15-7-9-16(10-8-15)19(26)23-20(11-12-21-13-20)17-5-3-2-4-6-17/h2-10,21H,11-13H2,1H3,(H,23,26)(H,22,24,25). The summed E-state index contributed by atoms with van der Waals surface area (Å²) in [6.45, 7) is 3.48. The number of nitrogens with one attached hydrogen (secondary N) is 3. The fourth-order valence-electron chi connectivity index (χ4n) is 3.41. The molecule has 2 heterocycles. The van der Waals surface area contributed by atoms with Crippen molar-refractivity contribution in [3.63, 3.8) is 0 Å². The lowest BCUT2D eigenvalue weighted by Crippen LogP contribution is -2.47. The molecule has 2 aromatic carbocycles. The lowest BCUT2D eigenvalue weighted by molar-refractivity contribution is 0.0904. The number of aromatic amines is 1. The van der Waals surface area contributed by atoms with Gasteiger partial charge in [-0.25, -0.2) is 4.98 Å². The fourth-order valence-corrected chi connectivity index (χ4v) is 3.41. The van der Waals surface area contributed by atoms with Crippen molar-refractivity contribution in [1.82, 2.24) is 25.8 Å². The Morgan fingerprint density at radius 2 is 1.88 bits per heavy atom. The van der Waals surface area contributed by atoms with Crippen molar-refractivity contribution in [2.24, 2.45) is 0 Å². The molecule has 3 aromatic rings. The van der Waals surface area contributed by atoms with Crippen LogP contribution in [0.15, 0.2) is 54.6 Å². The number of hydrogen-bond donors (Lipinski definition) is 3. The van der Waals surface area contributed by atoms with Crippen molar-refractivity contribution in [3.05, 3.63) is 71.5 Å². The molecule has 4 rings (SSSR count). The third-order valence-electron chi connectivity index (χ3n) is 4.84. The first kappa shape index (κ1) is 16.5. The molecule has 3 N–H and O–H groups in total. The van der Waals surface area contributed by atoms with Gasteiger partial charge in [-0.1, -0.05) is 42.5 Å². The molecule has 1 atom stereocenters. The molecule has 0 saturated carbocycles. The maximum Gasteiger partial charge on any atom is 0.252 e. The molecule has 1 fully saturated rings. The largest absolute Gasteiger partial charge is 0.341 e. The molecule has 1 unspecified atom stereocenters. The van der Waals surface area contributed by atoms with Crippen molar-refractivity contribution in [2.75, 3.05) is 13.1 Å². The van der Waals surface area contributed by atoms with Gasteiger partial charge in [0.15, 0.2) is 5.82 Å². The van der Waals surface area contributed by atoms with Gasteiger partial charge >= 0.3 is 0 Å². The van der Waals surface area contributed by atoms with Gasteiger partial charge in [0.05, 0.1) is 5.54 Å². The molecular weight excluding hydrogens is 326 g/mol. The Labute approximate surface area is 152 Å². The van der Waals surface area contributed by atoms with Gasteiger partial charge in [-0.15, -0.1) is 0 Å². The van der Waals surface area contributed by atoms with Crippen molar-refractivity contribution >= 4 is 5.91 Å². The van der Waals surface area contributed by atoms with E-state index >= 15 is 0 Å². The lowest BCUT2D eigenvalue weighted by atomic mass is 9.88. The van der Waals surface area contributed by atoms with Gasteiger partial charge in [-0.05, 0) is 37.6 Å². The van der Waals surface area contributed by atoms with Gasteiger partial charge in [0.25, 0.3) is 5.91 Å². The van der Waals surface area contributed by atoms with Crippen LogP contribution in [-0.4, -0.2) is 34.2 Å². The van der Waals surface area contributed by atoms with Crippen LogP contribution >= 0.6 is 0 Å². The number of nitrogens with zero attached hydrogens (tertiary/aromatic N) is 2. The van der Waals surface area contributed by atoms with E-state index in [1.807, 2.05) is 49.4 Å². The molecule has 0 spiro atoms. The Morgan fingerprint density at radius 1 is 1.12 bits per heavy atom. The quantitative estimate of drug-likeness (QED) is 0.677. The first-order valence-corrected chi connectivity index (χ1v) is 8.74. The summed E-state index contributed by atoms with van der Waals surface area (Å²) in [5, 5.41) is 13.6. The van der Waals surface area contributed by atoms with Gasteiger partial charge < -0.3 is 10.6 Å². The van der Waals surface area contributed by atoms with E-state index in [0.29, 0.717) is 11.4 Å². The SMILES string of the molecule is Cc1nc(-c2ccc(C(=O)NC3(c4ccccc4)CCNC3)cc2)n[nH]1. The molecule has 0 radical (unpaired) electrons. The second-order valence-electron chi connectivity index (χ2n) is 6.65. The van der Waals surface area contributed by atoms with Gasteiger partial charge in [0.2, 0.25) is 0 Å². The molecule has 1 aromatic heterocycles. The minimum atomic E-state index is -0.363. The Morgan fingerprint density at radius 3 is 2.50 bits per heavy atom. The Hall–Kier alpha value is -2.99. The first-order valence-electron chi connectivity index (χ1n) is 8.74. The molecule has 0 bridgehead atoms. The topological polar surface area (TPSA) is 82.7 Å². The van der Waals surface area contributed by atoms with Crippen LogP contribution < -0.4 is 10.6 Å². The summed E-state index contributed by atoms with van der Waals surface area (Å²) in [6.07, 6.45) is 0.872. The van der Waals surface area contributed by atoms with E-state index in [9.17, 15) is 4.79 Å². The minimum Gasteiger partial charge on any atom is -0.341 e. The van der Waals surface area contributed by atoms with Gasteiger partial charge in [-0.2, -0.15) is 5.10 Å². The predicted molar refractivity (Wildman–Crippen MR) is 99.6 cm³/mol. The fraction of sp³-hybridized carbons (Fsp3) is 0.250. The monoisotopic (exact) mass is 347 g/mol. The molecule has 132 valence electrons. The highest BCUT2D eigenvalue weighted by Crippen LogP contribution is 2.28. The zero-order chi connectivity index (χ0) is 18.0. The molecule has 1 aliphatic heterocycles. The smallest absolute Gasteiger partial charge is 0.252 e. The summed E-state index contributed by atoms with van der Waals surface area (Å²) >= 11 is 0. The summed E-state index contributed by atoms with van der Waals surface area (Å²) in [4.78, 5) is 17.2. The number of H-pyrrole nitrogens is 1.